The monoisotopic (exact) mass is 358 g/mol. The number of rotatable bonds is 5. The number of thiophene rings is 1. The van der Waals surface area contributed by atoms with Crippen molar-refractivity contribution in [3.05, 3.63) is 55.7 Å². The van der Waals surface area contributed by atoms with Crippen molar-refractivity contribution < 1.29 is 14.8 Å². The molecule has 1 heterocycles. The van der Waals surface area contributed by atoms with Gasteiger partial charge in [0, 0.05) is 16.6 Å². The number of hydroxylamine groups is 1. The van der Waals surface area contributed by atoms with Gasteiger partial charge in [-0.25, -0.2) is 5.48 Å². The fraction of sp³-hybridized carbons (Fsp3) is 0.143. The molecule has 0 atom stereocenters. The summed E-state index contributed by atoms with van der Waals surface area (Å²) in [5.41, 5.74) is 2.41. The van der Waals surface area contributed by atoms with Gasteiger partial charge in [-0.3, -0.25) is 14.8 Å². The van der Waals surface area contributed by atoms with Gasteiger partial charge in [-0.2, -0.15) is 0 Å². The van der Waals surface area contributed by atoms with Crippen LogP contribution in [0.1, 0.15) is 24.9 Å². The van der Waals surface area contributed by atoms with Gasteiger partial charge in [-0.15, -0.1) is 11.3 Å². The van der Waals surface area contributed by atoms with E-state index in [1.807, 2.05) is 6.07 Å². The van der Waals surface area contributed by atoms with Gasteiger partial charge in [0.25, 0.3) is 11.8 Å². The van der Waals surface area contributed by atoms with Crippen LogP contribution in [0.15, 0.2) is 30.3 Å². The SMILES string of the molecule is O=C(NO)c1ccc(C(=O)NCCc2ccc(Cl)cc2Cl)s1. The number of halogens is 2. The fourth-order valence-corrected chi connectivity index (χ4v) is 3.07. The summed E-state index contributed by atoms with van der Waals surface area (Å²) in [5.74, 6) is -0.927. The summed E-state index contributed by atoms with van der Waals surface area (Å²) in [5, 5.41) is 12.4. The van der Waals surface area contributed by atoms with Crippen LogP contribution in [0.25, 0.3) is 0 Å². The minimum Gasteiger partial charge on any atom is -0.351 e. The molecule has 2 rings (SSSR count). The van der Waals surface area contributed by atoms with E-state index in [4.69, 9.17) is 28.4 Å². The Hall–Kier alpha value is -1.60. The van der Waals surface area contributed by atoms with Crippen molar-refractivity contribution >= 4 is 46.4 Å². The van der Waals surface area contributed by atoms with Gasteiger partial charge in [-0.05, 0) is 36.2 Å². The first-order valence-corrected chi connectivity index (χ1v) is 7.85. The maximum Gasteiger partial charge on any atom is 0.284 e. The third-order valence-corrected chi connectivity index (χ3v) is 4.52. The van der Waals surface area contributed by atoms with Crippen LogP contribution in [0, 0.1) is 0 Å². The highest BCUT2D eigenvalue weighted by atomic mass is 35.5. The smallest absolute Gasteiger partial charge is 0.284 e. The van der Waals surface area contributed by atoms with E-state index in [1.54, 1.807) is 12.1 Å². The van der Waals surface area contributed by atoms with Gasteiger partial charge in [0.1, 0.15) is 0 Å². The zero-order valence-corrected chi connectivity index (χ0v) is 13.6. The number of nitrogens with one attached hydrogen (secondary N) is 2. The summed E-state index contributed by atoms with van der Waals surface area (Å²) in [6, 6.07) is 8.20. The van der Waals surface area contributed by atoms with E-state index in [9.17, 15) is 9.59 Å². The molecule has 1 aromatic heterocycles. The molecule has 0 aliphatic carbocycles. The molecule has 2 amide bonds. The Morgan fingerprint density at radius 3 is 2.41 bits per heavy atom. The van der Waals surface area contributed by atoms with Crippen LogP contribution in [0.4, 0.5) is 0 Å². The van der Waals surface area contributed by atoms with Gasteiger partial charge in [0.05, 0.1) is 9.75 Å². The van der Waals surface area contributed by atoms with E-state index in [0.29, 0.717) is 27.9 Å². The highest BCUT2D eigenvalue weighted by Gasteiger charge is 2.13. The molecule has 22 heavy (non-hydrogen) atoms. The van der Waals surface area contributed by atoms with E-state index >= 15 is 0 Å². The lowest BCUT2D eigenvalue weighted by Gasteiger charge is -2.06. The average Bonchev–Trinajstić information content (AvgIpc) is 2.98. The Balaban J connectivity index is 1.90. The molecular weight excluding hydrogens is 347 g/mol. The number of hydrogen-bond acceptors (Lipinski definition) is 4. The lowest BCUT2D eigenvalue weighted by molar-refractivity contribution is 0.0711. The number of carbonyl (C=O) groups excluding carboxylic acids is 2. The van der Waals surface area contributed by atoms with Crippen molar-refractivity contribution in [3.63, 3.8) is 0 Å². The predicted octanol–water partition coefficient (Wildman–Crippen LogP) is 3.15. The first-order valence-electron chi connectivity index (χ1n) is 6.27. The van der Waals surface area contributed by atoms with E-state index in [1.165, 1.54) is 17.6 Å². The molecule has 5 nitrogen and oxygen atoms in total. The molecule has 0 saturated carbocycles. The summed E-state index contributed by atoms with van der Waals surface area (Å²) >= 11 is 12.9. The quantitative estimate of drug-likeness (QED) is 0.567. The normalized spacial score (nSPS) is 10.3. The molecule has 1 aromatic carbocycles. The number of carbonyl (C=O) groups is 2. The van der Waals surface area contributed by atoms with Crippen molar-refractivity contribution in [1.82, 2.24) is 10.8 Å². The average molecular weight is 359 g/mol. The molecule has 0 spiro atoms. The zero-order chi connectivity index (χ0) is 16.1. The minimum atomic E-state index is -0.642. The standard InChI is InChI=1S/C14H12Cl2N2O3S/c15-9-2-1-8(10(16)7-9)5-6-17-13(19)11-3-4-12(22-11)14(20)18-21/h1-4,7,21H,5-6H2,(H,17,19)(H,18,20). The largest absolute Gasteiger partial charge is 0.351 e. The van der Waals surface area contributed by atoms with Gasteiger partial charge in [0.2, 0.25) is 0 Å². The molecule has 8 heteroatoms. The van der Waals surface area contributed by atoms with Crippen LogP contribution in [-0.4, -0.2) is 23.6 Å². The van der Waals surface area contributed by atoms with Crippen LogP contribution in [0.2, 0.25) is 10.0 Å². The van der Waals surface area contributed by atoms with Crippen LogP contribution in [0.3, 0.4) is 0 Å². The molecule has 0 fully saturated rings. The molecular formula is C14H12Cl2N2O3S. The highest BCUT2D eigenvalue weighted by molar-refractivity contribution is 7.15. The van der Waals surface area contributed by atoms with E-state index in [0.717, 1.165) is 16.9 Å². The molecule has 0 aliphatic rings. The van der Waals surface area contributed by atoms with Crippen molar-refractivity contribution in [2.24, 2.45) is 0 Å². The number of amides is 2. The molecule has 0 bridgehead atoms. The maximum absolute atomic E-state index is 11.9. The van der Waals surface area contributed by atoms with E-state index in [2.05, 4.69) is 5.32 Å². The van der Waals surface area contributed by atoms with Gasteiger partial charge in [0.15, 0.2) is 0 Å². The van der Waals surface area contributed by atoms with Crippen molar-refractivity contribution in [3.8, 4) is 0 Å². The highest BCUT2D eigenvalue weighted by Crippen LogP contribution is 2.21. The lowest BCUT2D eigenvalue weighted by atomic mass is 10.1. The second-order valence-electron chi connectivity index (χ2n) is 4.35. The Kier molecular flexibility index (Phi) is 5.79. The fourth-order valence-electron chi connectivity index (χ4n) is 1.76. The topological polar surface area (TPSA) is 78.4 Å². The van der Waals surface area contributed by atoms with Crippen LogP contribution in [0.5, 0.6) is 0 Å². The number of benzene rings is 1. The summed E-state index contributed by atoms with van der Waals surface area (Å²) in [7, 11) is 0. The Bertz CT molecular complexity index is 703. The van der Waals surface area contributed by atoms with E-state index in [-0.39, 0.29) is 10.8 Å². The van der Waals surface area contributed by atoms with Gasteiger partial charge >= 0.3 is 0 Å². The molecule has 3 N–H and O–H groups in total. The molecule has 116 valence electrons. The first kappa shape index (κ1) is 16.8. The van der Waals surface area contributed by atoms with Crippen LogP contribution >= 0.6 is 34.5 Å². The lowest BCUT2D eigenvalue weighted by Crippen LogP contribution is -2.25. The second kappa shape index (κ2) is 7.60. The third kappa shape index (κ3) is 4.20. The second-order valence-corrected chi connectivity index (χ2v) is 6.27. The number of hydrogen-bond donors (Lipinski definition) is 3. The summed E-state index contributed by atoms with van der Waals surface area (Å²) in [6.07, 6.45) is 0.567. The predicted molar refractivity (Wildman–Crippen MR) is 86.1 cm³/mol. The Labute approximate surface area is 140 Å². The molecule has 0 aliphatic heterocycles. The van der Waals surface area contributed by atoms with Crippen LogP contribution < -0.4 is 10.8 Å². The van der Waals surface area contributed by atoms with Gasteiger partial charge < -0.3 is 5.32 Å². The molecule has 0 saturated heterocycles. The van der Waals surface area contributed by atoms with Crippen molar-refractivity contribution in [2.45, 2.75) is 6.42 Å². The van der Waals surface area contributed by atoms with Crippen molar-refractivity contribution in [2.75, 3.05) is 6.54 Å². The minimum absolute atomic E-state index is 0.258. The summed E-state index contributed by atoms with van der Waals surface area (Å²) in [4.78, 5) is 23.8. The molecule has 2 aromatic rings. The van der Waals surface area contributed by atoms with E-state index < -0.39 is 5.91 Å². The Morgan fingerprint density at radius 1 is 1.09 bits per heavy atom. The first-order chi connectivity index (χ1) is 10.5. The van der Waals surface area contributed by atoms with Crippen LogP contribution in [-0.2, 0) is 6.42 Å². The Morgan fingerprint density at radius 2 is 1.77 bits per heavy atom. The zero-order valence-electron chi connectivity index (χ0n) is 11.2. The van der Waals surface area contributed by atoms with Gasteiger partial charge in [-0.1, -0.05) is 29.3 Å². The molecule has 0 radical (unpaired) electrons. The summed E-state index contributed by atoms with van der Waals surface area (Å²) < 4.78 is 0. The van der Waals surface area contributed by atoms with Crippen molar-refractivity contribution in [1.29, 1.82) is 0 Å². The summed E-state index contributed by atoms with van der Waals surface area (Å²) in [6.45, 7) is 0.402. The molecule has 0 unspecified atom stereocenters. The maximum atomic E-state index is 11.9. The third-order valence-electron chi connectivity index (χ3n) is 2.85.